The summed E-state index contributed by atoms with van der Waals surface area (Å²) in [4.78, 5) is 2.25. The smallest absolute Gasteiger partial charge is 0.231 e. The van der Waals surface area contributed by atoms with E-state index in [-0.39, 0.29) is 12.8 Å². The molecule has 2 heterocycles. The van der Waals surface area contributed by atoms with Crippen LogP contribution < -0.4 is 18.9 Å². The second kappa shape index (κ2) is 7.59. The molecule has 0 radical (unpaired) electrons. The van der Waals surface area contributed by atoms with Crippen LogP contribution >= 0.6 is 0 Å². The highest BCUT2D eigenvalue weighted by Crippen LogP contribution is 2.50. The van der Waals surface area contributed by atoms with Crippen molar-refractivity contribution in [2.75, 3.05) is 34.6 Å². The van der Waals surface area contributed by atoms with E-state index in [1.165, 1.54) is 5.56 Å². The van der Waals surface area contributed by atoms with Crippen molar-refractivity contribution in [3.8, 4) is 23.0 Å². The van der Waals surface area contributed by atoms with Crippen LogP contribution in [0.4, 0.5) is 0 Å². The van der Waals surface area contributed by atoms with Crippen LogP contribution in [-0.2, 0) is 6.42 Å². The molecule has 0 saturated carbocycles. The summed E-state index contributed by atoms with van der Waals surface area (Å²) < 4.78 is 22.3. The normalized spacial score (nSPS) is 18.7. The van der Waals surface area contributed by atoms with Gasteiger partial charge in [0.25, 0.3) is 0 Å². The van der Waals surface area contributed by atoms with E-state index in [9.17, 15) is 5.21 Å². The molecule has 1 N–H and O–H groups in total. The third-order valence-electron chi connectivity index (χ3n) is 5.46. The van der Waals surface area contributed by atoms with Crippen molar-refractivity contribution in [3.63, 3.8) is 0 Å². The van der Waals surface area contributed by atoms with Crippen molar-refractivity contribution >= 4 is 5.71 Å². The Kier molecular flexibility index (Phi) is 5.00. The van der Waals surface area contributed by atoms with Gasteiger partial charge >= 0.3 is 0 Å². The third kappa shape index (κ3) is 3.11. The SMILES string of the molecule is COc1cccc(/C(C[C@H]2c3c(cc4c(c3OC)OCO4)CCN2C)=N/O)c1. The number of likely N-dealkylation sites (N-methyl/N-ethyl adjacent to an activating group) is 1. The number of fused-ring (bicyclic) bond motifs is 2. The zero-order valence-electron chi connectivity index (χ0n) is 16.3. The van der Waals surface area contributed by atoms with Crippen LogP contribution in [0, 0.1) is 0 Å². The average Bonchev–Trinajstić information content (AvgIpc) is 3.20. The Labute approximate surface area is 164 Å². The number of benzene rings is 2. The standard InChI is InChI=1S/C21H24N2O5/c1-23-8-7-14-10-18-20(28-12-27-18)21(26-3)19(14)17(23)11-16(22-24)13-5-4-6-15(9-13)25-2/h4-6,9-10,17,24H,7-8,11-12H2,1-3H3/b22-16+/t17-/m0/s1. The van der Waals surface area contributed by atoms with Crippen LogP contribution in [0.25, 0.3) is 0 Å². The van der Waals surface area contributed by atoms with Crippen molar-refractivity contribution in [2.45, 2.75) is 18.9 Å². The Morgan fingerprint density at radius 2 is 2.11 bits per heavy atom. The Bertz CT molecular complexity index is 912. The van der Waals surface area contributed by atoms with E-state index >= 15 is 0 Å². The van der Waals surface area contributed by atoms with Crippen LogP contribution in [0.3, 0.4) is 0 Å². The highest BCUT2D eigenvalue weighted by atomic mass is 16.7. The lowest BCUT2D eigenvalue weighted by Crippen LogP contribution is -2.34. The number of nitrogens with zero attached hydrogens (tertiary/aromatic N) is 2. The van der Waals surface area contributed by atoms with Crippen molar-refractivity contribution in [3.05, 3.63) is 47.0 Å². The fourth-order valence-corrected chi connectivity index (χ4v) is 3.99. The van der Waals surface area contributed by atoms with E-state index in [1.54, 1.807) is 14.2 Å². The first-order chi connectivity index (χ1) is 13.7. The van der Waals surface area contributed by atoms with Crippen LogP contribution in [0.15, 0.2) is 35.5 Å². The van der Waals surface area contributed by atoms with Gasteiger partial charge < -0.3 is 24.2 Å². The predicted molar refractivity (Wildman–Crippen MR) is 104 cm³/mol. The number of oxime groups is 1. The van der Waals surface area contributed by atoms with Gasteiger partial charge in [-0.15, -0.1) is 0 Å². The molecule has 1 atom stereocenters. The minimum atomic E-state index is -0.0229. The number of methoxy groups -OCH3 is 2. The van der Waals surface area contributed by atoms with Crippen molar-refractivity contribution in [2.24, 2.45) is 5.16 Å². The van der Waals surface area contributed by atoms with E-state index in [0.29, 0.717) is 23.6 Å². The zero-order chi connectivity index (χ0) is 19.7. The molecule has 148 valence electrons. The highest BCUT2D eigenvalue weighted by molar-refractivity contribution is 6.01. The summed E-state index contributed by atoms with van der Waals surface area (Å²) in [6.07, 6.45) is 1.41. The molecular formula is C21H24N2O5. The second-order valence-electron chi connectivity index (χ2n) is 6.95. The molecule has 0 unspecified atom stereocenters. The summed E-state index contributed by atoms with van der Waals surface area (Å²) in [6.45, 7) is 1.08. The lowest BCUT2D eigenvalue weighted by molar-refractivity contribution is 0.170. The first kappa shape index (κ1) is 18.4. The summed E-state index contributed by atoms with van der Waals surface area (Å²) >= 11 is 0. The van der Waals surface area contributed by atoms with E-state index in [4.69, 9.17) is 18.9 Å². The van der Waals surface area contributed by atoms with Gasteiger partial charge in [0.1, 0.15) is 5.75 Å². The summed E-state index contributed by atoms with van der Waals surface area (Å²) in [5, 5.41) is 13.3. The van der Waals surface area contributed by atoms with Crippen molar-refractivity contribution in [1.82, 2.24) is 4.90 Å². The van der Waals surface area contributed by atoms with Gasteiger partial charge in [-0.05, 0) is 37.2 Å². The quantitative estimate of drug-likeness (QED) is 0.485. The van der Waals surface area contributed by atoms with E-state index in [2.05, 4.69) is 17.1 Å². The van der Waals surface area contributed by atoms with Gasteiger partial charge in [0.2, 0.25) is 12.5 Å². The molecule has 28 heavy (non-hydrogen) atoms. The Morgan fingerprint density at radius 1 is 1.25 bits per heavy atom. The first-order valence-electron chi connectivity index (χ1n) is 9.21. The minimum Gasteiger partial charge on any atom is -0.497 e. The van der Waals surface area contributed by atoms with Crippen LogP contribution in [-0.4, -0.2) is 50.4 Å². The van der Waals surface area contributed by atoms with Crippen molar-refractivity contribution in [1.29, 1.82) is 0 Å². The van der Waals surface area contributed by atoms with E-state index in [0.717, 1.165) is 35.6 Å². The molecule has 0 aromatic heterocycles. The molecular weight excluding hydrogens is 360 g/mol. The highest BCUT2D eigenvalue weighted by Gasteiger charge is 2.34. The maximum Gasteiger partial charge on any atom is 0.231 e. The Morgan fingerprint density at radius 3 is 2.86 bits per heavy atom. The summed E-state index contributed by atoms with van der Waals surface area (Å²) in [6, 6.07) is 9.56. The molecule has 0 fully saturated rings. The molecule has 2 aliphatic rings. The second-order valence-corrected chi connectivity index (χ2v) is 6.95. The van der Waals surface area contributed by atoms with Gasteiger partial charge in [0.15, 0.2) is 11.5 Å². The average molecular weight is 384 g/mol. The van der Waals surface area contributed by atoms with Crippen LogP contribution in [0.2, 0.25) is 0 Å². The molecule has 7 nitrogen and oxygen atoms in total. The zero-order valence-corrected chi connectivity index (χ0v) is 16.3. The number of hydrogen-bond donors (Lipinski definition) is 1. The van der Waals surface area contributed by atoms with Crippen molar-refractivity contribution < 1.29 is 24.2 Å². The molecule has 4 rings (SSSR count). The number of rotatable bonds is 5. The summed E-state index contributed by atoms with van der Waals surface area (Å²) in [5.74, 6) is 2.79. The van der Waals surface area contributed by atoms with Crippen LogP contribution in [0.5, 0.6) is 23.0 Å². The number of ether oxygens (including phenoxy) is 4. The third-order valence-corrected chi connectivity index (χ3v) is 5.46. The minimum absolute atomic E-state index is 0.0229. The molecule has 0 aliphatic carbocycles. The van der Waals surface area contributed by atoms with Gasteiger partial charge in [-0.1, -0.05) is 17.3 Å². The first-order valence-corrected chi connectivity index (χ1v) is 9.21. The van der Waals surface area contributed by atoms with Gasteiger partial charge in [-0.25, -0.2) is 0 Å². The van der Waals surface area contributed by atoms with Crippen LogP contribution in [0.1, 0.15) is 29.2 Å². The molecule has 2 aromatic carbocycles. The topological polar surface area (TPSA) is 72.8 Å². The lowest BCUT2D eigenvalue weighted by atomic mass is 9.87. The van der Waals surface area contributed by atoms with Gasteiger partial charge in [0, 0.05) is 30.1 Å². The molecule has 0 bridgehead atoms. The fraction of sp³-hybridized carbons (Fsp3) is 0.381. The summed E-state index contributed by atoms with van der Waals surface area (Å²) in [7, 11) is 5.33. The maximum absolute atomic E-state index is 9.74. The molecule has 0 spiro atoms. The fourth-order valence-electron chi connectivity index (χ4n) is 3.99. The number of hydrogen-bond acceptors (Lipinski definition) is 7. The monoisotopic (exact) mass is 384 g/mol. The molecule has 2 aromatic rings. The van der Waals surface area contributed by atoms with E-state index < -0.39 is 0 Å². The van der Waals surface area contributed by atoms with Gasteiger partial charge in [-0.2, -0.15) is 0 Å². The Balaban J connectivity index is 1.74. The van der Waals surface area contributed by atoms with Gasteiger partial charge in [0.05, 0.1) is 19.9 Å². The largest absolute Gasteiger partial charge is 0.497 e. The molecule has 0 saturated heterocycles. The Hall–Kier alpha value is -2.93. The lowest BCUT2D eigenvalue weighted by Gasteiger charge is -2.36. The molecule has 7 heteroatoms. The summed E-state index contributed by atoms with van der Waals surface area (Å²) in [5.41, 5.74) is 3.64. The maximum atomic E-state index is 9.74. The van der Waals surface area contributed by atoms with E-state index in [1.807, 2.05) is 30.3 Å². The van der Waals surface area contributed by atoms with Gasteiger partial charge in [-0.3, -0.25) is 4.90 Å². The molecule has 0 amide bonds. The molecule has 2 aliphatic heterocycles. The predicted octanol–water partition coefficient (Wildman–Crippen LogP) is 3.23.